The zero-order valence-electron chi connectivity index (χ0n) is 7.40. The van der Waals surface area contributed by atoms with Crippen molar-refractivity contribution in [2.24, 2.45) is 5.92 Å². The quantitative estimate of drug-likeness (QED) is 0.871. The number of hydrogen-bond acceptors (Lipinski definition) is 2. The van der Waals surface area contributed by atoms with Crippen molar-refractivity contribution in [2.45, 2.75) is 13.5 Å². The zero-order valence-corrected chi connectivity index (χ0v) is 8.99. The van der Waals surface area contributed by atoms with Gasteiger partial charge in [-0.05, 0) is 34.0 Å². The van der Waals surface area contributed by atoms with Gasteiger partial charge in [0.1, 0.15) is 0 Å². The summed E-state index contributed by atoms with van der Waals surface area (Å²) in [5, 5.41) is 8.83. The standard InChI is InChI=1S/C9H12BrNO2/c1-7(6-12)5-11-4-2-3-8(10)9(11)13/h2-4,7,12H,5-6H2,1H3. The van der Waals surface area contributed by atoms with Crippen LogP contribution in [0.3, 0.4) is 0 Å². The van der Waals surface area contributed by atoms with E-state index in [-0.39, 0.29) is 18.1 Å². The third-order valence-electron chi connectivity index (χ3n) is 1.79. The third-order valence-corrected chi connectivity index (χ3v) is 2.40. The smallest absolute Gasteiger partial charge is 0.264 e. The average Bonchev–Trinajstić information content (AvgIpc) is 2.13. The van der Waals surface area contributed by atoms with E-state index in [0.717, 1.165) is 0 Å². The van der Waals surface area contributed by atoms with Crippen molar-refractivity contribution in [1.82, 2.24) is 4.57 Å². The van der Waals surface area contributed by atoms with Crippen LogP contribution in [0.1, 0.15) is 6.92 Å². The third kappa shape index (κ3) is 2.67. The lowest BCUT2D eigenvalue weighted by Gasteiger charge is -2.10. The predicted molar refractivity (Wildman–Crippen MR) is 54.7 cm³/mol. The van der Waals surface area contributed by atoms with Gasteiger partial charge in [0.2, 0.25) is 0 Å². The molecule has 1 aromatic rings. The van der Waals surface area contributed by atoms with Gasteiger partial charge in [-0.3, -0.25) is 4.79 Å². The van der Waals surface area contributed by atoms with E-state index in [1.807, 2.05) is 6.92 Å². The molecule has 4 heteroatoms. The summed E-state index contributed by atoms with van der Waals surface area (Å²) in [4.78, 5) is 11.5. The van der Waals surface area contributed by atoms with Crippen LogP contribution in [-0.2, 0) is 6.54 Å². The van der Waals surface area contributed by atoms with Gasteiger partial charge in [-0.2, -0.15) is 0 Å². The summed E-state index contributed by atoms with van der Waals surface area (Å²) in [5.41, 5.74) is -0.0530. The van der Waals surface area contributed by atoms with Crippen LogP contribution in [0.15, 0.2) is 27.6 Å². The molecular weight excluding hydrogens is 234 g/mol. The van der Waals surface area contributed by atoms with Crippen LogP contribution < -0.4 is 5.56 Å². The molecule has 0 saturated carbocycles. The molecule has 0 spiro atoms. The number of pyridine rings is 1. The van der Waals surface area contributed by atoms with Crippen molar-refractivity contribution in [2.75, 3.05) is 6.61 Å². The van der Waals surface area contributed by atoms with Crippen molar-refractivity contribution >= 4 is 15.9 Å². The zero-order chi connectivity index (χ0) is 9.84. The minimum atomic E-state index is -0.0530. The van der Waals surface area contributed by atoms with E-state index in [2.05, 4.69) is 15.9 Å². The van der Waals surface area contributed by atoms with Crippen molar-refractivity contribution in [3.8, 4) is 0 Å². The lowest BCUT2D eigenvalue weighted by atomic mass is 10.2. The highest BCUT2D eigenvalue weighted by Gasteiger charge is 2.04. The Labute approximate surface area is 85.1 Å². The van der Waals surface area contributed by atoms with Crippen LogP contribution in [0.5, 0.6) is 0 Å². The highest BCUT2D eigenvalue weighted by atomic mass is 79.9. The Balaban J connectivity index is 2.89. The Morgan fingerprint density at radius 2 is 2.38 bits per heavy atom. The molecule has 0 aliphatic heterocycles. The molecule has 1 unspecified atom stereocenters. The summed E-state index contributed by atoms with van der Waals surface area (Å²) >= 11 is 3.16. The van der Waals surface area contributed by atoms with Crippen LogP contribution in [0.25, 0.3) is 0 Å². The molecule has 1 heterocycles. The van der Waals surface area contributed by atoms with Gasteiger partial charge < -0.3 is 9.67 Å². The minimum absolute atomic E-state index is 0.0530. The van der Waals surface area contributed by atoms with Gasteiger partial charge in [-0.25, -0.2) is 0 Å². The highest BCUT2D eigenvalue weighted by Crippen LogP contribution is 2.02. The molecule has 1 N–H and O–H groups in total. The lowest BCUT2D eigenvalue weighted by Crippen LogP contribution is -2.23. The summed E-state index contributed by atoms with van der Waals surface area (Å²) in [6.07, 6.45) is 1.72. The molecule has 0 aliphatic rings. The summed E-state index contributed by atoms with van der Waals surface area (Å²) in [5.74, 6) is 0.104. The molecule has 1 aromatic heterocycles. The van der Waals surface area contributed by atoms with Gasteiger partial charge >= 0.3 is 0 Å². The van der Waals surface area contributed by atoms with Crippen molar-refractivity contribution in [3.63, 3.8) is 0 Å². The van der Waals surface area contributed by atoms with E-state index < -0.39 is 0 Å². The molecule has 72 valence electrons. The van der Waals surface area contributed by atoms with E-state index in [1.54, 1.807) is 22.9 Å². The number of aliphatic hydroxyl groups excluding tert-OH is 1. The Hall–Kier alpha value is -0.610. The maximum atomic E-state index is 11.5. The van der Waals surface area contributed by atoms with Gasteiger partial charge in [-0.1, -0.05) is 6.92 Å². The molecule has 0 fully saturated rings. The van der Waals surface area contributed by atoms with Crippen LogP contribution in [0, 0.1) is 5.92 Å². The molecule has 0 bridgehead atoms. The van der Waals surface area contributed by atoms with Gasteiger partial charge in [-0.15, -0.1) is 0 Å². The highest BCUT2D eigenvalue weighted by molar-refractivity contribution is 9.10. The summed E-state index contributed by atoms with van der Waals surface area (Å²) < 4.78 is 2.14. The first-order valence-electron chi connectivity index (χ1n) is 4.11. The van der Waals surface area contributed by atoms with Gasteiger partial charge in [0.15, 0.2) is 0 Å². The van der Waals surface area contributed by atoms with Crippen molar-refractivity contribution < 1.29 is 5.11 Å². The summed E-state index contributed by atoms with van der Waals surface area (Å²) in [6.45, 7) is 2.54. The first kappa shape index (κ1) is 10.5. The number of aromatic nitrogens is 1. The second-order valence-electron chi connectivity index (χ2n) is 3.10. The minimum Gasteiger partial charge on any atom is -0.396 e. The van der Waals surface area contributed by atoms with E-state index >= 15 is 0 Å². The monoisotopic (exact) mass is 245 g/mol. The van der Waals surface area contributed by atoms with E-state index in [0.29, 0.717) is 11.0 Å². The number of hydrogen-bond donors (Lipinski definition) is 1. The van der Waals surface area contributed by atoms with Crippen molar-refractivity contribution in [1.29, 1.82) is 0 Å². The van der Waals surface area contributed by atoms with Crippen LogP contribution in [-0.4, -0.2) is 16.3 Å². The van der Waals surface area contributed by atoms with E-state index in [9.17, 15) is 4.79 Å². The predicted octanol–water partition coefficient (Wildman–Crippen LogP) is 1.24. The maximum Gasteiger partial charge on any atom is 0.264 e. The fourth-order valence-electron chi connectivity index (χ4n) is 1.04. The van der Waals surface area contributed by atoms with Gasteiger partial charge in [0.05, 0.1) is 4.47 Å². The molecule has 0 aliphatic carbocycles. The first-order chi connectivity index (χ1) is 6.15. The maximum absolute atomic E-state index is 11.5. The van der Waals surface area contributed by atoms with Crippen LogP contribution >= 0.6 is 15.9 Å². The SMILES string of the molecule is CC(CO)Cn1cccc(Br)c1=O. The fourth-order valence-corrected chi connectivity index (χ4v) is 1.43. The Morgan fingerprint density at radius 3 is 3.00 bits per heavy atom. The number of halogens is 1. The second-order valence-corrected chi connectivity index (χ2v) is 3.96. The fraction of sp³-hybridized carbons (Fsp3) is 0.444. The number of aliphatic hydroxyl groups is 1. The molecule has 0 amide bonds. The van der Waals surface area contributed by atoms with Crippen LogP contribution in [0.4, 0.5) is 0 Å². The Bertz CT molecular complexity index is 335. The van der Waals surface area contributed by atoms with Crippen molar-refractivity contribution in [3.05, 3.63) is 33.2 Å². The molecule has 0 aromatic carbocycles. The molecular formula is C9H12BrNO2. The molecule has 13 heavy (non-hydrogen) atoms. The number of rotatable bonds is 3. The molecule has 3 nitrogen and oxygen atoms in total. The molecule has 1 atom stereocenters. The lowest BCUT2D eigenvalue weighted by molar-refractivity contribution is 0.222. The molecule has 0 saturated heterocycles. The first-order valence-corrected chi connectivity index (χ1v) is 4.90. The molecule has 0 radical (unpaired) electrons. The second kappa shape index (κ2) is 4.58. The average molecular weight is 246 g/mol. The van der Waals surface area contributed by atoms with E-state index in [4.69, 9.17) is 5.11 Å². The normalized spacial score (nSPS) is 12.8. The summed E-state index contributed by atoms with van der Waals surface area (Å²) in [7, 11) is 0. The van der Waals surface area contributed by atoms with Crippen LogP contribution in [0.2, 0.25) is 0 Å². The largest absolute Gasteiger partial charge is 0.396 e. The van der Waals surface area contributed by atoms with E-state index in [1.165, 1.54) is 0 Å². The van der Waals surface area contributed by atoms with Gasteiger partial charge in [0, 0.05) is 19.3 Å². The topological polar surface area (TPSA) is 42.2 Å². The Morgan fingerprint density at radius 1 is 1.69 bits per heavy atom. The summed E-state index contributed by atoms with van der Waals surface area (Å²) in [6, 6.07) is 3.51. The Kier molecular flexibility index (Phi) is 3.69. The number of nitrogens with zero attached hydrogens (tertiary/aromatic N) is 1. The molecule has 1 rings (SSSR count). The van der Waals surface area contributed by atoms with Gasteiger partial charge in [0.25, 0.3) is 5.56 Å².